The molecule has 0 amide bonds. The van der Waals surface area contributed by atoms with E-state index in [0.717, 1.165) is 59.2 Å². The van der Waals surface area contributed by atoms with Crippen LogP contribution in [0.3, 0.4) is 0 Å². The van der Waals surface area contributed by atoms with Crippen molar-refractivity contribution in [1.29, 1.82) is 0 Å². The highest BCUT2D eigenvalue weighted by Crippen LogP contribution is 2.26. The Bertz CT molecular complexity index is 716. The van der Waals surface area contributed by atoms with Gasteiger partial charge in [0.05, 0.1) is 0 Å². The van der Waals surface area contributed by atoms with Crippen molar-refractivity contribution < 1.29 is 0 Å². The lowest BCUT2D eigenvalue weighted by Crippen LogP contribution is -2.44. The Morgan fingerprint density at radius 1 is 1.12 bits per heavy atom. The summed E-state index contributed by atoms with van der Waals surface area (Å²) in [5.41, 5.74) is 2.10. The number of nitrogens with one attached hydrogen (secondary N) is 1. The molecule has 1 aromatic carbocycles. The minimum atomic E-state index is 0.740. The monoisotopic (exact) mass is 363 g/mol. The van der Waals surface area contributed by atoms with Gasteiger partial charge in [0.15, 0.2) is 5.16 Å². The van der Waals surface area contributed by atoms with E-state index in [1.165, 1.54) is 0 Å². The number of hydrogen-bond acceptors (Lipinski definition) is 6. The van der Waals surface area contributed by atoms with Crippen LogP contribution in [-0.4, -0.2) is 54.4 Å². The van der Waals surface area contributed by atoms with Crippen LogP contribution >= 0.6 is 23.4 Å². The molecule has 1 aliphatic heterocycles. The van der Waals surface area contributed by atoms with Gasteiger partial charge < -0.3 is 15.1 Å². The standard InChI is InChI=1S/C17H22ClN5S/c1-12-10-13(18)4-5-14(12)19-15-11-16(21-17(20-15)24-3)23-8-6-22(2)7-9-23/h4-5,10-11H,6-9H2,1-3H3,(H,19,20,21). The molecule has 1 N–H and O–H groups in total. The van der Waals surface area contributed by atoms with E-state index in [-0.39, 0.29) is 0 Å². The van der Waals surface area contributed by atoms with Crippen LogP contribution in [0.15, 0.2) is 29.4 Å². The number of hydrogen-bond donors (Lipinski definition) is 1. The Morgan fingerprint density at radius 3 is 2.54 bits per heavy atom. The van der Waals surface area contributed by atoms with Gasteiger partial charge in [-0.3, -0.25) is 0 Å². The fourth-order valence-electron chi connectivity index (χ4n) is 2.67. The summed E-state index contributed by atoms with van der Waals surface area (Å²) in [5, 5.41) is 4.92. The number of likely N-dealkylation sites (N-methyl/N-ethyl adjacent to an activating group) is 1. The first-order valence-electron chi connectivity index (χ1n) is 7.95. The third-order valence-corrected chi connectivity index (χ3v) is 4.94. The highest BCUT2D eigenvalue weighted by Gasteiger charge is 2.17. The van der Waals surface area contributed by atoms with Gasteiger partial charge in [0.25, 0.3) is 0 Å². The van der Waals surface area contributed by atoms with Gasteiger partial charge in [-0.1, -0.05) is 23.4 Å². The molecule has 1 saturated heterocycles. The second-order valence-corrected chi connectivity index (χ2v) is 7.18. The third-order valence-electron chi connectivity index (χ3n) is 4.15. The Labute approximate surface area is 152 Å². The van der Waals surface area contributed by atoms with Crippen LogP contribution in [0, 0.1) is 6.92 Å². The number of piperazine rings is 1. The fraction of sp³-hybridized carbons (Fsp3) is 0.412. The number of anilines is 3. The normalized spacial score (nSPS) is 15.6. The summed E-state index contributed by atoms with van der Waals surface area (Å²) in [6, 6.07) is 7.84. The van der Waals surface area contributed by atoms with Crippen LogP contribution in [0.5, 0.6) is 0 Å². The lowest BCUT2D eigenvalue weighted by molar-refractivity contribution is 0.312. The number of aryl methyl sites for hydroxylation is 1. The molecule has 2 aromatic rings. The summed E-state index contributed by atoms with van der Waals surface area (Å²) >= 11 is 7.60. The molecule has 0 atom stereocenters. The molecule has 7 heteroatoms. The minimum Gasteiger partial charge on any atom is -0.354 e. The zero-order valence-corrected chi connectivity index (χ0v) is 15.8. The van der Waals surface area contributed by atoms with E-state index < -0.39 is 0 Å². The van der Waals surface area contributed by atoms with Crippen LogP contribution in [0.25, 0.3) is 0 Å². The smallest absolute Gasteiger partial charge is 0.191 e. The lowest BCUT2D eigenvalue weighted by atomic mass is 10.2. The van der Waals surface area contributed by atoms with Crippen molar-refractivity contribution in [2.45, 2.75) is 12.1 Å². The van der Waals surface area contributed by atoms with E-state index in [1.54, 1.807) is 11.8 Å². The van der Waals surface area contributed by atoms with Gasteiger partial charge in [-0.05, 0) is 44.0 Å². The predicted molar refractivity (Wildman–Crippen MR) is 103 cm³/mol. The third kappa shape index (κ3) is 4.12. The first kappa shape index (κ1) is 17.3. The quantitative estimate of drug-likeness (QED) is 0.660. The molecule has 1 fully saturated rings. The Hall–Kier alpha value is -1.50. The van der Waals surface area contributed by atoms with Gasteiger partial charge in [0.2, 0.25) is 0 Å². The van der Waals surface area contributed by atoms with Gasteiger partial charge >= 0.3 is 0 Å². The first-order chi connectivity index (χ1) is 11.5. The second-order valence-electron chi connectivity index (χ2n) is 5.97. The van der Waals surface area contributed by atoms with E-state index in [0.29, 0.717) is 0 Å². The van der Waals surface area contributed by atoms with Gasteiger partial charge in [0, 0.05) is 43.0 Å². The van der Waals surface area contributed by atoms with E-state index in [4.69, 9.17) is 11.6 Å². The Kier molecular flexibility index (Phi) is 5.48. The maximum Gasteiger partial charge on any atom is 0.191 e. The molecule has 24 heavy (non-hydrogen) atoms. The molecule has 0 spiro atoms. The zero-order valence-electron chi connectivity index (χ0n) is 14.2. The van der Waals surface area contributed by atoms with Gasteiger partial charge in [0.1, 0.15) is 11.6 Å². The molecular weight excluding hydrogens is 342 g/mol. The molecule has 1 aliphatic rings. The van der Waals surface area contributed by atoms with Crippen LogP contribution < -0.4 is 10.2 Å². The number of aromatic nitrogens is 2. The van der Waals surface area contributed by atoms with Gasteiger partial charge in [-0.15, -0.1) is 0 Å². The number of halogens is 1. The summed E-state index contributed by atoms with van der Waals surface area (Å²) in [4.78, 5) is 13.9. The summed E-state index contributed by atoms with van der Waals surface area (Å²) in [7, 11) is 2.15. The minimum absolute atomic E-state index is 0.740. The van der Waals surface area contributed by atoms with Crippen molar-refractivity contribution in [3.8, 4) is 0 Å². The molecular formula is C17H22ClN5S. The lowest BCUT2D eigenvalue weighted by Gasteiger charge is -2.33. The number of benzene rings is 1. The SMILES string of the molecule is CSc1nc(Nc2ccc(Cl)cc2C)cc(N2CCN(C)CC2)n1. The average Bonchev–Trinajstić information content (AvgIpc) is 2.58. The van der Waals surface area contributed by atoms with E-state index in [1.807, 2.05) is 37.4 Å². The molecule has 0 bridgehead atoms. The molecule has 128 valence electrons. The maximum absolute atomic E-state index is 6.04. The second kappa shape index (κ2) is 7.59. The molecule has 0 unspecified atom stereocenters. The summed E-state index contributed by atoms with van der Waals surface area (Å²) < 4.78 is 0. The van der Waals surface area contributed by atoms with Crippen LogP contribution in [0.2, 0.25) is 5.02 Å². The average molecular weight is 364 g/mol. The zero-order chi connectivity index (χ0) is 17.1. The first-order valence-corrected chi connectivity index (χ1v) is 9.55. The maximum atomic E-state index is 6.04. The summed E-state index contributed by atoms with van der Waals surface area (Å²) in [5.74, 6) is 1.80. The van der Waals surface area contributed by atoms with E-state index >= 15 is 0 Å². The molecule has 0 saturated carbocycles. The number of nitrogens with zero attached hydrogens (tertiary/aromatic N) is 4. The Balaban J connectivity index is 1.86. The highest BCUT2D eigenvalue weighted by atomic mass is 35.5. The Morgan fingerprint density at radius 2 is 1.88 bits per heavy atom. The van der Waals surface area contributed by atoms with Gasteiger partial charge in [-0.25, -0.2) is 9.97 Å². The number of thioether (sulfide) groups is 1. The van der Waals surface area contributed by atoms with Crippen molar-refractivity contribution >= 4 is 40.7 Å². The van der Waals surface area contributed by atoms with Crippen molar-refractivity contribution in [1.82, 2.24) is 14.9 Å². The van der Waals surface area contributed by atoms with Crippen LogP contribution in [0.4, 0.5) is 17.3 Å². The van der Waals surface area contributed by atoms with E-state index in [9.17, 15) is 0 Å². The molecule has 0 aliphatic carbocycles. The largest absolute Gasteiger partial charge is 0.354 e. The highest BCUT2D eigenvalue weighted by molar-refractivity contribution is 7.98. The van der Waals surface area contributed by atoms with Crippen LogP contribution in [-0.2, 0) is 0 Å². The topological polar surface area (TPSA) is 44.3 Å². The molecule has 0 radical (unpaired) electrons. The molecule has 5 nitrogen and oxygen atoms in total. The van der Waals surface area contributed by atoms with Crippen molar-refractivity contribution in [3.05, 3.63) is 34.9 Å². The van der Waals surface area contributed by atoms with Crippen molar-refractivity contribution in [2.24, 2.45) is 0 Å². The summed E-state index contributed by atoms with van der Waals surface area (Å²) in [6.07, 6.45) is 2.00. The molecule has 2 heterocycles. The van der Waals surface area contributed by atoms with Crippen molar-refractivity contribution in [2.75, 3.05) is 49.7 Å². The van der Waals surface area contributed by atoms with Crippen LogP contribution in [0.1, 0.15) is 5.56 Å². The predicted octanol–water partition coefficient (Wildman–Crippen LogP) is 3.66. The van der Waals surface area contributed by atoms with Gasteiger partial charge in [-0.2, -0.15) is 0 Å². The fourth-order valence-corrected chi connectivity index (χ4v) is 3.27. The summed E-state index contributed by atoms with van der Waals surface area (Å²) in [6.45, 7) is 6.11. The number of rotatable bonds is 4. The molecule has 3 rings (SSSR count). The van der Waals surface area contributed by atoms with E-state index in [2.05, 4.69) is 32.1 Å². The molecule has 1 aromatic heterocycles. The van der Waals surface area contributed by atoms with Crippen molar-refractivity contribution in [3.63, 3.8) is 0 Å².